The molecule has 0 unspecified atom stereocenters. The zero-order valence-electron chi connectivity index (χ0n) is 9.66. The predicted octanol–water partition coefficient (Wildman–Crippen LogP) is 1.70. The molecule has 1 aromatic rings. The summed E-state index contributed by atoms with van der Waals surface area (Å²) < 4.78 is 5.11. The van der Waals surface area contributed by atoms with Gasteiger partial charge < -0.3 is 4.74 Å². The van der Waals surface area contributed by atoms with Gasteiger partial charge in [0.25, 0.3) is 0 Å². The average molecular weight is 223 g/mol. The summed E-state index contributed by atoms with van der Waals surface area (Å²) >= 11 is 0. The summed E-state index contributed by atoms with van der Waals surface area (Å²) in [6.45, 7) is 2.24. The monoisotopic (exact) mass is 223 g/mol. The first-order valence-electron chi connectivity index (χ1n) is 5.29. The Morgan fingerprint density at radius 1 is 1.44 bits per heavy atom. The standard InChI is InChI=1S/C12H17NO3/c1-3-12(14)13-16-8-7-10-5-4-6-11(9-10)15-2/h4-6,9H,3,7-8H2,1-2H3,(H,13,14). The number of hydrogen-bond acceptors (Lipinski definition) is 3. The quantitative estimate of drug-likeness (QED) is 0.589. The van der Waals surface area contributed by atoms with Crippen molar-refractivity contribution in [2.45, 2.75) is 19.8 Å². The lowest BCUT2D eigenvalue weighted by Gasteiger charge is -2.06. The van der Waals surface area contributed by atoms with E-state index in [4.69, 9.17) is 9.57 Å². The van der Waals surface area contributed by atoms with Crippen molar-refractivity contribution in [2.75, 3.05) is 13.7 Å². The molecule has 16 heavy (non-hydrogen) atoms. The van der Waals surface area contributed by atoms with Gasteiger partial charge in [0.05, 0.1) is 13.7 Å². The Morgan fingerprint density at radius 2 is 2.25 bits per heavy atom. The summed E-state index contributed by atoms with van der Waals surface area (Å²) in [6, 6.07) is 7.76. The first-order chi connectivity index (χ1) is 7.76. The minimum Gasteiger partial charge on any atom is -0.497 e. The number of benzene rings is 1. The fraction of sp³-hybridized carbons (Fsp3) is 0.417. The lowest BCUT2D eigenvalue weighted by atomic mass is 10.1. The van der Waals surface area contributed by atoms with Gasteiger partial charge in [-0.25, -0.2) is 5.48 Å². The van der Waals surface area contributed by atoms with Crippen molar-refractivity contribution in [3.8, 4) is 5.75 Å². The van der Waals surface area contributed by atoms with Crippen molar-refractivity contribution >= 4 is 5.91 Å². The molecule has 4 heteroatoms. The molecule has 1 amide bonds. The van der Waals surface area contributed by atoms with E-state index in [9.17, 15) is 4.79 Å². The van der Waals surface area contributed by atoms with Gasteiger partial charge in [-0.3, -0.25) is 9.63 Å². The van der Waals surface area contributed by atoms with E-state index in [1.54, 1.807) is 14.0 Å². The van der Waals surface area contributed by atoms with Crippen LogP contribution in [0.15, 0.2) is 24.3 Å². The normalized spacial score (nSPS) is 9.88. The highest BCUT2D eigenvalue weighted by atomic mass is 16.6. The number of rotatable bonds is 6. The van der Waals surface area contributed by atoms with Crippen LogP contribution < -0.4 is 10.2 Å². The molecular formula is C12H17NO3. The largest absolute Gasteiger partial charge is 0.497 e. The molecule has 88 valence electrons. The van der Waals surface area contributed by atoms with Crippen molar-refractivity contribution in [3.63, 3.8) is 0 Å². The second-order valence-electron chi connectivity index (χ2n) is 3.33. The van der Waals surface area contributed by atoms with Crippen LogP contribution in [-0.2, 0) is 16.1 Å². The van der Waals surface area contributed by atoms with Crippen molar-refractivity contribution in [1.82, 2.24) is 5.48 Å². The Hall–Kier alpha value is -1.55. The molecule has 0 aliphatic rings. The summed E-state index contributed by atoms with van der Waals surface area (Å²) in [5.41, 5.74) is 3.48. The molecular weight excluding hydrogens is 206 g/mol. The van der Waals surface area contributed by atoms with E-state index in [0.29, 0.717) is 13.0 Å². The topological polar surface area (TPSA) is 47.6 Å². The van der Waals surface area contributed by atoms with Crippen LogP contribution in [0.4, 0.5) is 0 Å². The van der Waals surface area contributed by atoms with Crippen LogP contribution in [0.3, 0.4) is 0 Å². The number of carbonyl (C=O) groups excluding carboxylic acids is 1. The first kappa shape index (κ1) is 12.5. The van der Waals surface area contributed by atoms with Gasteiger partial charge in [-0.2, -0.15) is 0 Å². The fourth-order valence-corrected chi connectivity index (χ4v) is 1.20. The van der Waals surface area contributed by atoms with Gasteiger partial charge in [-0.05, 0) is 24.1 Å². The van der Waals surface area contributed by atoms with Gasteiger partial charge in [-0.15, -0.1) is 0 Å². The number of ether oxygens (including phenoxy) is 1. The minimum absolute atomic E-state index is 0.106. The van der Waals surface area contributed by atoms with Gasteiger partial charge in [0.2, 0.25) is 5.91 Å². The first-order valence-corrected chi connectivity index (χ1v) is 5.29. The molecule has 1 N–H and O–H groups in total. The maximum absolute atomic E-state index is 10.9. The Labute approximate surface area is 95.5 Å². The molecule has 0 aliphatic carbocycles. The highest BCUT2D eigenvalue weighted by Gasteiger charge is 1.98. The molecule has 0 saturated heterocycles. The van der Waals surface area contributed by atoms with E-state index < -0.39 is 0 Å². The molecule has 0 spiro atoms. The zero-order valence-corrected chi connectivity index (χ0v) is 9.66. The maximum Gasteiger partial charge on any atom is 0.243 e. The van der Waals surface area contributed by atoms with Gasteiger partial charge in [0.15, 0.2) is 0 Å². The number of methoxy groups -OCH3 is 1. The molecule has 0 fully saturated rings. The number of nitrogens with one attached hydrogen (secondary N) is 1. The Kier molecular flexibility index (Phi) is 5.36. The summed E-state index contributed by atoms with van der Waals surface area (Å²) in [4.78, 5) is 15.9. The molecule has 0 bridgehead atoms. The van der Waals surface area contributed by atoms with Crippen molar-refractivity contribution < 1.29 is 14.4 Å². The number of hydroxylamine groups is 1. The van der Waals surface area contributed by atoms with Crippen LogP contribution in [0.5, 0.6) is 5.75 Å². The molecule has 0 aromatic heterocycles. The third kappa shape index (κ3) is 4.31. The van der Waals surface area contributed by atoms with E-state index in [1.165, 1.54) is 0 Å². The molecule has 0 saturated carbocycles. The maximum atomic E-state index is 10.9. The number of carbonyl (C=O) groups is 1. The molecule has 4 nitrogen and oxygen atoms in total. The molecule has 1 rings (SSSR count). The Morgan fingerprint density at radius 3 is 2.94 bits per heavy atom. The molecule has 0 heterocycles. The SMILES string of the molecule is CCC(=O)NOCCc1cccc(OC)c1. The smallest absolute Gasteiger partial charge is 0.243 e. The molecule has 1 aromatic carbocycles. The van der Waals surface area contributed by atoms with Crippen LogP contribution in [0.1, 0.15) is 18.9 Å². The van der Waals surface area contributed by atoms with Crippen LogP contribution in [-0.4, -0.2) is 19.6 Å². The third-order valence-electron chi connectivity index (χ3n) is 2.13. The fourth-order valence-electron chi connectivity index (χ4n) is 1.20. The second kappa shape index (κ2) is 6.85. The van der Waals surface area contributed by atoms with Gasteiger partial charge in [0.1, 0.15) is 5.75 Å². The molecule has 0 aliphatic heterocycles. The lowest BCUT2D eigenvalue weighted by molar-refractivity contribution is -0.133. The lowest BCUT2D eigenvalue weighted by Crippen LogP contribution is -2.23. The van der Waals surface area contributed by atoms with Crippen LogP contribution >= 0.6 is 0 Å². The third-order valence-corrected chi connectivity index (χ3v) is 2.13. The summed E-state index contributed by atoms with van der Waals surface area (Å²) in [5.74, 6) is 0.723. The van der Waals surface area contributed by atoms with Gasteiger partial charge >= 0.3 is 0 Å². The number of hydrogen-bond donors (Lipinski definition) is 1. The van der Waals surface area contributed by atoms with E-state index in [1.807, 2.05) is 24.3 Å². The van der Waals surface area contributed by atoms with Crippen LogP contribution in [0.25, 0.3) is 0 Å². The minimum atomic E-state index is -0.106. The van der Waals surface area contributed by atoms with Crippen molar-refractivity contribution in [2.24, 2.45) is 0 Å². The van der Waals surface area contributed by atoms with E-state index >= 15 is 0 Å². The van der Waals surface area contributed by atoms with E-state index in [2.05, 4.69) is 5.48 Å². The van der Waals surface area contributed by atoms with E-state index in [0.717, 1.165) is 17.7 Å². The number of amides is 1. The highest BCUT2D eigenvalue weighted by Crippen LogP contribution is 2.12. The average Bonchev–Trinajstić information content (AvgIpc) is 2.34. The van der Waals surface area contributed by atoms with Crippen LogP contribution in [0, 0.1) is 0 Å². The molecule has 0 atom stereocenters. The van der Waals surface area contributed by atoms with E-state index in [-0.39, 0.29) is 5.91 Å². The summed E-state index contributed by atoms with van der Waals surface area (Å²) in [6.07, 6.45) is 1.17. The Balaban J connectivity index is 2.28. The summed E-state index contributed by atoms with van der Waals surface area (Å²) in [5, 5.41) is 0. The predicted molar refractivity (Wildman–Crippen MR) is 61.1 cm³/mol. The highest BCUT2D eigenvalue weighted by molar-refractivity contribution is 5.74. The Bertz CT molecular complexity index is 339. The van der Waals surface area contributed by atoms with Crippen molar-refractivity contribution in [3.05, 3.63) is 29.8 Å². The van der Waals surface area contributed by atoms with Crippen molar-refractivity contribution in [1.29, 1.82) is 0 Å². The van der Waals surface area contributed by atoms with Crippen LogP contribution in [0.2, 0.25) is 0 Å². The zero-order chi connectivity index (χ0) is 11.8. The van der Waals surface area contributed by atoms with Gasteiger partial charge in [-0.1, -0.05) is 19.1 Å². The second-order valence-corrected chi connectivity index (χ2v) is 3.33. The summed E-state index contributed by atoms with van der Waals surface area (Å²) in [7, 11) is 1.64. The van der Waals surface area contributed by atoms with Gasteiger partial charge in [0, 0.05) is 6.42 Å². The molecule has 0 radical (unpaired) electrons.